The first-order valence-corrected chi connectivity index (χ1v) is 4.21. The molecule has 1 atom stereocenters. The molecule has 6 heteroatoms. The first-order valence-electron chi connectivity index (χ1n) is 4.21. The lowest BCUT2D eigenvalue weighted by atomic mass is 10.3. The second kappa shape index (κ2) is 8.44. The summed E-state index contributed by atoms with van der Waals surface area (Å²) in [5.41, 5.74) is 0. The largest absolute Gasteiger partial charge is 0.395 e. The molecule has 6 nitrogen and oxygen atoms in total. The summed E-state index contributed by atoms with van der Waals surface area (Å²) in [7, 11) is 1.51. The van der Waals surface area contributed by atoms with Crippen LogP contribution in [0.4, 0.5) is 0 Å². The van der Waals surface area contributed by atoms with Crippen molar-refractivity contribution < 1.29 is 14.6 Å². The Morgan fingerprint density at radius 3 is 2.93 bits per heavy atom. The van der Waals surface area contributed by atoms with Crippen molar-refractivity contribution in [2.75, 3.05) is 33.4 Å². The molecule has 0 aliphatic heterocycles. The number of ether oxygens (including phenoxy) is 1. The number of rotatable bonds is 7. The molecule has 0 radical (unpaired) electrons. The van der Waals surface area contributed by atoms with Crippen molar-refractivity contribution in [3.63, 3.8) is 0 Å². The van der Waals surface area contributed by atoms with Gasteiger partial charge in [-0.05, 0) is 0 Å². The van der Waals surface area contributed by atoms with Gasteiger partial charge in [0.05, 0.1) is 31.9 Å². The van der Waals surface area contributed by atoms with Gasteiger partial charge < -0.3 is 20.5 Å². The smallest absolute Gasteiger partial charge is 0.234 e. The zero-order valence-corrected chi connectivity index (χ0v) is 8.12. The van der Waals surface area contributed by atoms with Crippen LogP contribution in [-0.4, -0.2) is 50.5 Å². The molecule has 80 valence electrons. The maximum absolute atomic E-state index is 11.0. The summed E-state index contributed by atoms with van der Waals surface area (Å²) < 4.78 is 4.80. The first-order chi connectivity index (χ1) is 6.74. The van der Waals surface area contributed by atoms with Crippen molar-refractivity contribution in [1.82, 2.24) is 10.6 Å². The lowest BCUT2D eigenvalue weighted by molar-refractivity contribution is -0.120. The van der Waals surface area contributed by atoms with Crippen molar-refractivity contribution in [3.8, 4) is 6.07 Å². The van der Waals surface area contributed by atoms with E-state index in [-0.39, 0.29) is 31.6 Å². The molecule has 0 saturated heterocycles. The van der Waals surface area contributed by atoms with Crippen LogP contribution in [0.2, 0.25) is 0 Å². The Hall–Kier alpha value is -1.16. The summed E-state index contributed by atoms with van der Waals surface area (Å²) in [5.74, 6) is -0.277. The number of carbonyl (C=O) groups excluding carboxylic acids is 1. The van der Waals surface area contributed by atoms with Gasteiger partial charge in [0.2, 0.25) is 5.91 Å². The zero-order valence-electron chi connectivity index (χ0n) is 8.12. The molecule has 1 unspecified atom stereocenters. The molecular weight excluding hydrogens is 186 g/mol. The van der Waals surface area contributed by atoms with Crippen LogP contribution in [-0.2, 0) is 9.53 Å². The van der Waals surface area contributed by atoms with E-state index >= 15 is 0 Å². The predicted molar refractivity (Wildman–Crippen MR) is 49.4 cm³/mol. The quantitative estimate of drug-likeness (QED) is 0.423. The number of hydrogen-bond donors (Lipinski definition) is 3. The summed E-state index contributed by atoms with van der Waals surface area (Å²) >= 11 is 0. The van der Waals surface area contributed by atoms with Gasteiger partial charge in [0, 0.05) is 7.11 Å². The van der Waals surface area contributed by atoms with Crippen LogP contribution in [0.5, 0.6) is 0 Å². The summed E-state index contributed by atoms with van der Waals surface area (Å²) in [5, 5.41) is 22.1. The fourth-order valence-corrected chi connectivity index (χ4v) is 0.815. The highest BCUT2D eigenvalue weighted by Crippen LogP contribution is 1.82. The Kier molecular flexibility index (Phi) is 7.74. The topological polar surface area (TPSA) is 94.4 Å². The number of hydrogen-bond acceptors (Lipinski definition) is 5. The number of nitrogens with one attached hydrogen (secondary N) is 2. The van der Waals surface area contributed by atoms with Gasteiger partial charge in [-0.3, -0.25) is 4.79 Å². The van der Waals surface area contributed by atoms with Crippen molar-refractivity contribution in [2.45, 2.75) is 6.04 Å². The molecule has 0 aromatic rings. The van der Waals surface area contributed by atoms with Gasteiger partial charge in [-0.1, -0.05) is 0 Å². The Bertz CT molecular complexity index is 202. The molecule has 0 fully saturated rings. The minimum absolute atomic E-state index is 0.00537. The van der Waals surface area contributed by atoms with Crippen LogP contribution >= 0.6 is 0 Å². The molecule has 3 N–H and O–H groups in total. The highest BCUT2D eigenvalue weighted by Gasteiger charge is 2.07. The van der Waals surface area contributed by atoms with Crippen LogP contribution in [0.3, 0.4) is 0 Å². The van der Waals surface area contributed by atoms with Gasteiger partial charge in [0.25, 0.3) is 0 Å². The molecule has 0 bridgehead atoms. The maximum Gasteiger partial charge on any atom is 0.234 e. The van der Waals surface area contributed by atoms with E-state index in [1.165, 1.54) is 7.11 Å². The van der Waals surface area contributed by atoms with Crippen LogP contribution in [0.25, 0.3) is 0 Å². The first kappa shape index (κ1) is 12.8. The molecule has 0 aromatic carbocycles. The molecule has 0 rings (SSSR count). The SMILES string of the molecule is COCC(CO)NCC(=O)NCC#N. The molecule has 0 aromatic heterocycles. The fraction of sp³-hybridized carbons (Fsp3) is 0.750. The zero-order chi connectivity index (χ0) is 10.8. The molecule has 14 heavy (non-hydrogen) atoms. The number of methoxy groups -OCH3 is 1. The second-order valence-electron chi connectivity index (χ2n) is 2.65. The molecule has 0 aliphatic rings. The second-order valence-corrected chi connectivity index (χ2v) is 2.65. The van der Waals surface area contributed by atoms with Gasteiger partial charge in [0.1, 0.15) is 6.54 Å². The fourth-order valence-electron chi connectivity index (χ4n) is 0.815. The van der Waals surface area contributed by atoms with E-state index in [9.17, 15) is 4.79 Å². The van der Waals surface area contributed by atoms with Gasteiger partial charge >= 0.3 is 0 Å². The predicted octanol–water partition coefficient (Wildman–Crippen LogP) is -1.78. The minimum atomic E-state index is -0.277. The van der Waals surface area contributed by atoms with Gasteiger partial charge in [-0.15, -0.1) is 0 Å². The van der Waals surface area contributed by atoms with E-state index in [4.69, 9.17) is 15.1 Å². The van der Waals surface area contributed by atoms with Crippen molar-refractivity contribution >= 4 is 5.91 Å². The number of nitrogens with zero attached hydrogens (tertiary/aromatic N) is 1. The Labute approximate surface area is 82.9 Å². The standard InChI is InChI=1S/C8H15N3O3/c1-14-6-7(5-12)11-4-8(13)10-3-2-9/h7,11-12H,3-6H2,1H3,(H,10,13). The van der Waals surface area contributed by atoms with E-state index in [2.05, 4.69) is 10.6 Å². The van der Waals surface area contributed by atoms with Crippen molar-refractivity contribution in [2.24, 2.45) is 0 Å². The average Bonchev–Trinajstić information content (AvgIpc) is 2.21. The highest BCUT2D eigenvalue weighted by molar-refractivity contribution is 5.78. The minimum Gasteiger partial charge on any atom is -0.395 e. The Balaban J connectivity index is 3.58. The van der Waals surface area contributed by atoms with Crippen LogP contribution in [0.15, 0.2) is 0 Å². The van der Waals surface area contributed by atoms with Crippen LogP contribution in [0, 0.1) is 11.3 Å². The summed E-state index contributed by atoms with van der Waals surface area (Å²) in [6, 6.07) is 1.53. The van der Waals surface area contributed by atoms with Gasteiger partial charge in [-0.2, -0.15) is 5.26 Å². The summed E-state index contributed by atoms with van der Waals surface area (Å²) in [4.78, 5) is 11.0. The van der Waals surface area contributed by atoms with E-state index in [0.29, 0.717) is 6.61 Å². The van der Waals surface area contributed by atoms with Gasteiger partial charge in [0.15, 0.2) is 0 Å². The molecule has 1 amide bonds. The molecule has 0 saturated carbocycles. The van der Waals surface area contributed by atoms with E-state index in [1.54, 1.807) is 6.07 Å². The number of nitriles is 1. The number of carbonyl (C=O) groups is 1. The Morgan fingerprint density at radius 1 is 1.71 bits per heavy atom. The lowest BCUT2D eigenvalue weighted by Gasteiger charge is -2.14. The van der Waals surface area contributed by atoms with E-state index in [1.807, 2.05) is 0 Å². The summed E-state index contributed by atoms with van der Waals surface area (Å²) in [6.07, 6.45) is 0. The van der Waals surface area contributed by atoms with Gasteiger partial charge in [-0.25, -0.2) is 0 Å². The van der Waals surface area contributed by atoms with E-state index in [0.717, 1.165) is 0 Å². The molecule has 0 spiro atoms. The van der Waals surface area contributed by atoms with Crippen LogP contribution in [0.1, 0.15) is 0 Å². The Morgan fingerprint density at radius 2 is 2.43 bits per heavy atom. The number of amides is 1. The normalized spacial score (nSPS) is 11.8. The van der Waals surface area contributed by atoms with Crippen LogP contribution < -0.4 is 10.6 Å². The average molecular weight is 201 g/mol. The summed E-state index contributed by atoms with van der Waals surface area (Å²) in [6.45, 7) is 0.298. The van der Waals surface area contributed by atoms with E-state index < -0.39 is 0 Å². The third kappa shape index (κ3) is 6.37. The molecule has 0 heterocycles. The molecule has 0 aliphatic carbocycles. The lowest BCUT2D eigenvalue weighted by Crippen LogP contribution is -2.43. The van der Waals surface area contributed by atoms with Crippen molar-refractivity contribution in [3.05, 3.63) is 0 Å². The number of aliphatic hydroxyl groups excluding tert-OH is 1. The highest BCUT2D eigenvalue weighted by atomic mass is 16.5. The monoisotopic (exact) mass is 201 g/mol. The third-order valence-electron chi connectivity index (χ3n) is 1.50. The third-order valence-corrected chi connectivity index (χ3v) is 1.50. The van der Waals surface area contributed by atoms with Crippen molar-refractivity contribution in [1.29, 1.82) is 5.26 Å². The maximum atomic E-state index is 11.0. The number of aliphatic hydroxyl groups is 1. The molecular formula is C8H15N3O3.